The Morgan fingerprint density at radius 3 is 2.78 bits per heavy atom. The molecule has 0 fully saturated rings. The second-order valence-electron chi connectivity index (χ2n) is 3.66. The Labute approximate surface area is 104 Å². The maximum Gasteiger partial charge on any atom is 0.237 e. The van der Waals surface area contributed by atoms with Crippen LogP contribution in [-0.4, -0.2) is 10.7 Å². The molecule has 1 aromatic carbocycles. The van der Waals surface area contributed by atoms with Crippen LogP contribution in [-0.2, 0) is 0 Å². The number of nitriles is 2. The highest BCUT2D eigenvalue weighted by Gasteiger charge is 2.03. The molecule has 0 spiro atoms. The van der Waals surface area contributed by atoms with Crippen molar-refractivity contribution in [1.29, 1.82) is 10.5 Å². The first-order valence-electron chi connectivity index (χ1n) is 5.23. The molecule has 2 aromatic rings. The number of benzene rings is 1. The number of fused-ring (bicyclic) bond motifs is 1. The van der Waals surface area contributed by atoms with Gasteiger partial charge in [-0.1, -0.05) is 12.1 Å². The summed E-state index contributed by atoms with van der Waals surface area (Å²) >= 11 is 0. The topological polar surface area (TPSA) is 84.9 Å². The molecule has 0 aliphatic carbocycles. The third kappa shape index (κ3) is 2.11. The van der Waals surface area contributed by atoms with Crippen LogP contribution in [0.3, 0.4) is 0 Å². The molecule has 0 saturated heterocycles. The first-order valence-corrected chi connectivity index (χ1v) is 5.23. The number of hydrogen-bond donors (Lipinski definition) is 1. The van der Waals surface area contributed by atoms with Crippen molar-refractivity contribution in [2.24, 2.45) is 5.10 Å². The maximum absolute atomic E-state index is 8.62. The summed E-state index contributed by atoms with van der Waals surface area (Å²) in [5, 5.41) is 22.9. The molecule has 0 unspecified atom stereocenters. The fourth-order valence-electron chi connectivity index (χ4n) is 1.70. The summed E-state index contributed by atoms with van der Waals surface area (Å²) in [7, 11) is 0. The molecular formula is C13H9N5. The van der Waals surface area contributed by atoms with Gasteiger partial charge >= 0.3 is 0 Å². The van der Waals surface area contributed by atoms with Crippen molar-refractivity contribution in [1.82, 2.24) is 4.98 Å². The monoisotopic (exact) mass is 235 g/mol. The quantitative estimate of drug-likeness (QED) is 0.639. The molecule has 0 amide bonds. The van der Waals surface area contributed by atoms with Crippen LogP contribution in [0.1, 0.15) is 5.56 Å². The summed E-state index contributed by atoms with van der Waals surface area (Å²) < 4.78 is 0. The van der Waals surface area contributed by atoms with E-state index in [-0.39, 0.29) is 5.71 Å². The molecule has 2 rings (SSSR count). The van der Waals surface area contributed by atoms with Gasteiger partial charge in [0.25, 0.3) is 0 Å². The van der Waals surface area contributed by atoms with Gasteiger partial charge in [-0.3, -0.25) is 10.4 Å². The van der Waals surface area contributed by atoms with Gasteiger partial charge in [0.1, 0.15) is 12.1 Å². The number of nitrogens with zero attached hydrogens (tertiary/aromatic N) is 4. The third-order valence-corrected chi connectivity index (χ3v) is 2.47. The normalized spacial score (nSPS) is 9.28. The molecule has 5 nitrogen and oxygen atoms in total. The first-order chi connectivity index (χ1) is 8.76. The second kappa shape index (κ2) is 4.94. The van der Waals surface area contributed by atoms with E-state index in [1.54, 1.807) is 24.5 Å². The Hall–Kier alpha value is -2.92. The first kappa shape index (κ1) is 11.6. The van der Waals surface area contributed by atoms with Crippen LogP contribution >= 0.6 is 0 Å². The number of nitrogens with one attached hydrogen (secondary N) is 1. The second-order valence-corrected chi connectivity index (χ2v) is 3.66. The van der Waals surface area contributed by atoms with Gasteiger partial charge < -0.3 is 0 Å². The Morgan fingerprint density at radius 2 is 2.06 bits per heavy atom. The lowest BCUT2D eigenvalue weighted by Crippen LogP contribution is -1.97. The van der Waals surface area contributed by atoms with Gasteiger partial charge in [-0.2, -0.15) is 15.6 Å². The molecule has 0 aliphatic rings. The summed E-state index contributed by atoms with van der Waals surface area (Å²) in [4.78, 5) is 4.11. The largest absolute Gasteiger partial charge is 0.276 e. The molecule has 0 saturated carbocycles. The minimum Gasteiger partial charge on any atom is -0.276 e. The van der Waals surface area contributed by atoms with E-state index in [2.05, 4.69) is 15.5 Å². The lowest BCUT2D eigenvalue weighted by atomic mass is 10.1. The van der Waals surface area contributed by atoms with E-state index in [0.29, 0.717) is 0 Å². The molecule has 0 bridgehead atoms. The summed E-state index contributed by atoms with van der Waals surface area (Å²) in [5.41, 5.74) is 4.28. The number of aryl methyl sites for hydroxylation is 1. The Balaban J connectivity index is 2.50. The Morgan fingerprint density at radius 1 is 1.28 bits per heavy atom. The minimum atomic E-state index is -0.210. The van der Waals surface area contributed by atoms with E-state index in [0.717, 1.165) is 22.0 Å². The molecule has 0 radical (unpaired) electrons. The van der Waals surface area contributed by atoms with Crippen molar-refractivity contribution in [2.45, 2.75) is 6.92 Å². The molecule has 18 heavy (non-hydrogen) atoms. The number of pyridine rings is 1. The van der Waals surface area contributed by atoms with Crippen LogP contribution in [0.2, 0.25) is 0 Å². The lowest BCUT2D eigenvalue weighted by molar-refractivity contribution is 1.29. The van der Waals surface area contributed by atoms with Crippen molar-refractivity contribution in [3.63, 3.8) is 0 Å². The number of hydrogen-bond acceptors (Lipinski definition) is 5. The van der Waals surface area contributed by atoms with Crippen molar-refractivity contribution < 1.29 is 0 Å². The van der Waals surface area contributed by atoms with E-state index in [1.165, 1.54) is 0 Å². The predicted octanol–water partition coefficient (Wildman–Crippen LogP) is 2.36. The van der Waals surface area contributed by atoms with Gasteiger partial charge in [0.05, 0.1) is 5.69 Å². The molecule has 0 atom stereocenters. The van der Waals surface area contributed by atoms with Crippen LogP contribution in [0.25, 0.3) is 10.8 Å². The van der Waals surface area contributed by atoms with Crippen LogP contribution in [0.15, 0.2) is 35.7 Å². The average molecular weight is 235 g/mol. The zero-order valence-corrected chi connectivity index (χ0v) is 9.68. The zero-order valence-electron chi connectivity index (χ0n) is 9.68. The minimum absolute atomic E-state index is 0.210. The van der Waals surface area contributed by atoms with Gasteiger partial charge in [-0.25, -0.2) is 0 Å². The van der Waals surface area contributed by atoms with E-state index < -0.39 is 0 Å². The number of anilines is 1. The standard InChI is InChI=1S/C13H9N5/c1-9-7-16-8-10-3-2-4-12(13(9)10)18-17-11(5-14)6-15/h2-4,7-8,18H,1H3. The van der Waals surface area contributed by atoms with Crippen LogP contribution in [0, 0.1) is 29.6 Å². The van der Waals surface area contributed by atoms with Crippen LogP contribution in [0.5, 0.6) is 0 Å². The summed E-state index contributed by atoms with van der Waals surface area (Å²) in [6.45, 7) is 1.94. The van der Waals surface area contributed by atoms with Gasteiger partial charge in [-0.05, 0) is 18.6 Å². The highest BCUT2D eigenvalue weighted by atomic mass is 15.3. The van der Waals surface area contributed by atoms with E-state index in [1.807, 2.05) is 25.1 Å². The summed E-state index contributed by atoms with van der Waals surface area (Å²) in [5.74, 6) is 0. The Kier molecular flexibility index (Phi) is 3.17. The summed E-state index contributed by atoms with van der Waals surface area (Å²) in [6.07, 6.45) is 3.51. The van der Waals surface area contributed by atoms with E-state index >= 15 is 0 Å². The molecule has 5 heteroatoms. The maximum atomic E-state index is 8.62. The van der Waals surface area contributed by atoms with E-state index in [9.17, 15) is 0 Å². The molecule has 1 aromatic heterocycles. The summed E-state index contributed by atoms with van der Waals surface area (Å²) in [6, 6.07) is 9.04. The smallest absolute Gasteiger partial charge is 0.237 e. The SMILES string of the molecule is Cc1cncc2cccc(NN=C(C#N)C#N)c12. The van der Waals surface area contributed by atoms with Crippen molar-refractivity contribution in [2.75, 3.05) is 5.43 Å². The van der Waals surface area contributed by atoms with E-state index in [4.69, 9.17) is 10.5 Å². The molecular weight excluding hydrogens is 226 g/mol. The van der Waals surface area contributed by atoms with Crippen molar-refractivity contribution in [3.8, 4) is 12.1 Å². The van der Waals surface area contributed by atoms with Gasteiger partial charge in [0, 0.05) is 23.2 Å². The van der Waals surface area contributed by atoms with Gasteiger partial charge in [0.2, 0.25) is 5.71 Å². The van der Waals surface area contributed by atoms with Crippen LogP contribution < -0.4 is 5.43 Å². The highest BCUT2D eigenvalue weighted by Crippen LogP contribution is 2.25. The van der Waals surface area contributed by atoms with Crippen molar-refractivity contribution in [3.05, 3.63) is 36.2 Å². The Bertz CT molecular complexity index is 682. The zero-order chi connectivity index (χ0) is 13.0. The number of hydrazone groups is 1. The van der Waals surface area contributed by atoms with Crippen molar-refractivity contribution >= 4 is 22.2 Å². The van der Waals surface area contributed by atoms with Gasteiger partial charge in [0.15, 0.2) is 0 Å². The molecule has 0 aliphatic heterocycles. The molecule has 1 N–H and O–H groups in total. The number of aromatic nitrogens is 1. The third-order valence-electron chi connectivity index (χ3n) is 2.47. The highest BCUT2D eigenvalue weighted by molar-refractivity contribution is 6.10. The predicted molar refractivity (Wildman–Crippen MR) is 68.8 cm³/mol. The fourth-order valence-corrected chi connectivity index (χ4v) is 1.70. The van der Waals surface area contributed by atoms with Crippen LogP contribution in [0.4, 0.5) is 5.69 Å². The average Bonchev–Trinajstić information content (AvgIpc) is 2.40. The fraction of sp³-hybridized carbons (Fsp3) is 0.0769. The molecule has 1 heterocycles. The lowest BCUT2D eigenvalue weighted by Gasteiger charge is -2.07. The molecule has 86 valence electrons. The number of rotatable bonds is 2. The van der Waals surface area contributed by atoms with Gasteiger partial charge in [-0.15, -0.1) is 0 Å².